The van der Waals surface area contributed by atoms with Crippen LogP contribution in [-0.2, 0) is 15.4 Å². The maximum Gasteiger partial charge on any atom is 0.244 e. The Morgan fingerprint density at radius 1 is 1.35 bits per heavy atom. The topological polar surface area (TPSA) is 76.3 Å². The van der Waals surface area contributed by atoms with Gasteiger partial charge in [-0.2, -0.15) is 9.29 Å². The summed E-state index contributed by atoms with van der Waals surface area (Å²) in [5.41, 5.74) is -0.356. The highest BCUT2D eigenvalue weighted by molar-refractivity contribution is 7.89. The number of nitrogens with zero attached hydrogens (tertiary/aromatic N) is 3. The predicted molar refractivity (Wildman–Crippen MR) is 97.6 cm³/mol. The molecule has 6 nitrogen and oxygen atoms in total. The minimum atomic E-state index is -3.65. The van der Waals surface area contributed by atoms with Crippen LogP contribution in [0.3, 0.4) is 0 Å². The van der Waals surface area contributed by atoms with Gasteiger partial charge in [-0.3, -0.25) is 0 Å². The first-order chi connectivity index (χ1) is 12.3. The lowest BCUT2D eigenvalue weighted by atomic mass is 9.80. The third-order valence-electron chi connectivity index (χ3n) is 5.67. The van der Waals surface area contributed by atoms with Crippen molar-refractivity contribution in [1.29, 1.82) is 0 Å². The summed E-state index contributed by atoms with van der Waals surface area (Å²) in [7, 11) is -3.65. The molecule has 0 amide bonds. The summed E-state index contributed by atoms with van der Waals surface area (Å²) in [6.07, 6.45) is 2.90. The molecule has 26 heavy (non-hydrogen) atoms. The molecule has 2 aromatic rings. The molecule has 2 fully saturated rings. The van der Waals surface area contributed by atoms with E-state index in [0.29, 0.717) is 24.8 Å². The normalized spacial score (nSPS) is 26.5. The molecule has 2 atom stereocenters. The molecule has 4 rings (SSSR count). The van der Waals surface area contributed by atoms with Gasteiger partial charge < -0.3 is 4.52 Å². The summed E-state index contributed by atoms with van der Waals surface area (Å²) in [6, 6.07) is 6.59. The molecular weight excluding hydrogens is 374 g/mol. The average Bonchev–Trinajstić information content (AvgIpc) is 3.28. The molecule has 1 saturated heterocycles. The second-order valence-corrected chi connectivity index (χ2v) is 9.90. The van der Waals surface area contributed by atoms with E-state index < -0.39 is 10.0 Å². The third kappa shape index (κ3) is 2.68. The second-order valence-electron chi connectivity index (χ2n) is 7.58. The van der Waals surface area contributed by atoms with Crippen molar-refractivity contribution in [2.45, 2.75) is 49.3 Å². The number of hydrogen-bond donors (Lipinski definition) is 0. The maximum atomic E-state index is 13.2. The van der Waals surface area contributed by atoms with Crippen molar-refractivity contribution in [2.24, 2.45) is 5.92 Å². The van der Waals surface area contributed by atoms with Crippen LogP contribution in [-0.4, -0.2) is 36.0 Å². The van der Waals surface area contributed by atoms with E-state index in [2.05, 4.69) is 10.1 Å². The zero-order valence-electron chi connectivity index (χ0n) is 14.9. The Morgan fingerprint density at radius 3 is 2.81 bits per heavy atom. The zero-order chi connectivity index (χ0) is 18.5. The molecule has 1 saturated carbocycles. The van der Waals surface area contributed by atoms with E-state index in [0.717, 1.165) is 19.3 Å². The molecule has 1 aromatic carbocycles. The zero-order valence-corrected chi connectivity index (χ0v) is 16.4. The van der Waals surface area contributed by atoms with E-state index in [-0.39, 0.29) is 27.2 Å². The van der Waals surface area contributed by atoms with Gasteiger partial charge in [0.2, 0.25) is 15.9 Å². The monoisotopic (exact) mass is 395 g/mol. The molecule has 1 aliphatic carbocycles. The fraction of sp³-hybridized carbons (Fsp3) is 0.556. The van der Waals surface area contributed by atoms with Gasteiger partial charge in [0.15, 0.2) is 5.82 Å². The van der Waals surface area contributed by atoms with Crippen molar-refractivity contribution in [3.8, 4) is 0 Å². The highest BCUT2D eigenvalue weighted by atomic mass is 35.5. The predicted octanol–water partition coefficient (Wildman–Crippen LogP) is 3.59. The van der Waals surface area contributed by atoms with Crippen LogP contribution in [0, 0.1) is 5.92 Å². The molecule has 0 radical (unpaired) electrons. The Balaban J connectivity index is 1.70. The molecule has 140 valence electrons. The number of aromatic nitrogens is 2. The molecule has 1 aromatic heterocycles. The number of hydrogen-bond acceptors (Lipinski definition) is 5. The molecule has 2 heterocycles. The number of sulfonamides is 1. The Labute approximate surface area is 158 Å². The van der Waals surface area contributed by atoms with E-state index in [1.54, 1.807) is 28.6 Å². The summed E-state index contributed by atoms with van der Waals surface area (Å²) >= 11 is 6.15. The van der Waals surface area contributed by atoms with Crippen molar-refractivity contribution >= 4 is 21.6 Å². The van der Waals surface area contributed by atoms with E-state index >= 15 is 0 Å². The molecule has 8 heteroatoms. The summed E-state index contributed by atoms with van der Waals surface area (Å²) in [5, 5.41) is 4.48. The third-order valence-corrected chi connectivity index (χ3v) is 7.99. The van der Waals surface area contributed by atoms with Crippen molar-refractivity contribution in [2.75, 3.05) is 13.1 Å². The summed E-state index contributed by atoms with van der Waals surface area (Å²) in [6.45, 7) is 4.86. The van der Waals surface area contributed by atoms with E-state index in [4.69, 9.17) is 16.1 Å². The van der Waals surface area contributed by atoms with Crippen LogP contribution in [0.15, 0.2) is 33.7 Å². The van der Waals surface area contributed by atoms with Crippen LogP contribution in [0.25, 0.3) is 0 Å². The first-order valence-corrected chi connectivity index (χ1v) is 10.8. The number of fused-ring (bicyclic) bond motifs is 1. The number of rotatable bonds is 4. The van der Waals surface area contributed by atoms with Gasteiger partial charge >= 0.3 is 0 Å². The SMILES string of the molecule is CC(C)c1nc(C23CCCC2CN(S(=O)(=O)c2ccccc2Cl)C3)no1. The molecule has 2 aliphatic rings. The standard InChI is InChI=1S/C18H22ClN3O3S/c1-12(2)16-20-17(21-25-16)18-9-5-6-13(18)10-22(11-18)26(23,24)15-8-4-3-7-14(15)19/h3-4,7-8,12-13H,5-6,9-11H2,1-2H3. The lowest BCUT2D eigenvalue weighted by Crippen LogP contribution is -2.35. The molecule has 0 spiro atoms. The fourth-order valence-electron chi connectivity index (χ4n) is 4.26. The van der Waals surface area contributed by atoms with Crippen molar-refractivity contribution in [3.63, 3.8) is 0 Å². The van der Waals surface area contributed by atoms with Crippen LogP contribution < -0.4 is 0 Å². The highest BCUT2D eigenvalue weighted by Gasteiger charge is 2.56. The van der Waals surface area contributed by atoms with Gasteiger partial charge in [0.05, 0.1) is 10.4 Å². The molecule has 1 aliphatic heterocycles. The first-order valence-electron chi connectivity index (χ1n) is 8.93. The molecule has 0 N–H and O–H groups in total. The second kappa shape index (κ2) is 6.32. The van der Waals surface area contributed by atoms with Crippen LogP contribution >= 0.6 is 11.6 Å². The first kappa shape index (κ1) is 17.9. The Bertz CT molecular complexity index is 927. The molecule has 0 bridgehead atoms. The fourth-order valence-corrected chi connectivity index (χ4v) is 6.30. The Kier molecular flexibility index (Phi) is 4.36. The van der Waals surface area contributed by atoms with E-state index in [1.165, 1.54) is 0 Å². The Hall–Kier alpha value is -1.44. The number of halogens is 1. The molecular formula is C18H22ClN3O3S. The van der Waals surface area contributed by atoms with Gasteiger partial charge in [-0.1, -0.05) is 49.2 Å². The molecule has 2 unspecified atom stereocenters. The van der Waals surface area contributed by atoms with E-state index in [9.17, 15) is 8.42 Å². The van der Waals surface area contributed by atoms with Crippen LogP contribution in [0.1, 0.15) is 50.7 Å². The van der Waals surface area contributed by atoms with Gasteiger partial charge in [0.25, 0.3) is 0 Å². The summed E-state index contributed by atoms with van der Waals surface area (Å²) in [4.78, 5) is 4.77. The number of benzene rings is 1. The van der Waals surface area contributed by atoms with Gasteiger partial charge in [0.1, 0.15) is 4.90 Å². The smallest absolute Gasteiger partial charge is 0.244 e. The lowest BCUT2D eigenvalue weighted by molar-refractivity contribution is 0.324. The van der Waals surface area contributed by atoms with Gasteiger partial charge in [-0.25, -0.2) is 8.42 Å². The van der Waals surface area contributed by atoms with Gasteiger partial charge in [0, 0.05) is 19.0 Å². The Morgan fingerprint density at radius 2 is 2.12 bits per heavy atom. The minimum Gasteiger partial charge on any atom is -0.339 e. The van der Waals surface area contributed by atoms with Crippen LogP contribution in [0.4, 0.5) is 0 Å². The van der Waals surface area contributed by atoms with Crippen LogP contribution in [0.2, 0.25) is 5.02 Å². The summed E-state index contributed by atoms with van der Waals surface area (Å²) < 4.78 is 33.3. The average molecular weight is 396 g/mol. The van der Waals surface area contributed by atoms with Crippen molar-refractivity contribution in [3.05, 3.63) is 41.0 Å². The maximum absolute atomic E-state index is 13.2. The highest BCUT2D eigenvalue weighted by Crippen LogP contribution is 2.51. The lowest BCUT2D eigenvalue weighted by Gasteiger charge is -2.25. The van der Waals surface area contributed by atoms with Crippen molar-refractivity contribution in [1.82, 2.24) is 14.4 Å². The summed E-state index contributed by atoms with van der Waals surface area (Å²) in [5.74, 6) is 1.61. The van der Waals surface area contributed by atoms with Gasteiger partial charge in [-0.15, -0.1) is 0 Å². The largest absolute Gasteiger partial charge is 0.339 e. The minimum absolute atomic E-state index is 0.150. The van der Waals surface area contributed by atoms with E-state index in [1.807, 2.05) is 13.8 Å². The van der Waals surface area contributed by atoms with Gasteiger partial charge in [-0.05, 0) is 30.9 Å². The van der Waals surface area contributed by atoms with Crippen molar-refractivity contribution < 1.29 is 12.9 Å². The quantitative estimate of drug-likeness (QED) is 0.790. The van der Waals surface area contributed by atoms with Crippen LogP contribution in [0.5, 0.6) is 0 Å².